The lowest BCUT2D eigenvalue weighted by Crippen LogP contribution is -2.69. The molecule has 0 aliphatic carbocycles. The number of piperidine rings is 4. The van der Waals surface area contributed by atoms with Gasteiger partial charge in [-0.3, -0.25) is 9.69 Å². The standard InChI is InChI=1S/C21H32N2O5/c1-4-12(2)21(26)28-18-9-17-13-7-14(11-23(17)20(25)19(18)24)16-8-15(27-3)5-6-22(16)10-13/h4,13-19,24H,5-11H2,1-3H3/b12-4+/t13-,14-,15+,16-,17+,18+,19-/m0/s1. The molecule has 7 heteroatoms. The molecule has 4 aliphatic rings. The maximum Gasteiger partial charge on any atom is 0.333 e. The number of allylic oxidation sites excluding steroid dienone is 1. The van der Waals surface area contributed by atoms with Crippen LogP contribution in [0, 0.1) is 11.8 Å². The minimum Gasteiger partial charge on any atom is -0.456 e. The van der Waals surface area contributed by atoms with Crippen LogP contribution in [0.1, 0.15) is 39.5 Å². The van der Waals surface area contributed by atoms with Crippen LogP contribution in [0.25, 0.3) is 0 Å². The van der Waals surface area contributed by atoms with Gasteiger partial charge in [0.2, 0.25) is 0 Å². The van der Waals surface area contributed by atoms with Crippen LogP contribution in [-0.2, 0) is 19.1 Å². The van der Waals surface area contributed by atoms with Gasteiger partial charge in [0.1, 0.15) is 6.10 Å². The lowest BCUT2D eigenvalue weighted by Gasteiger charge is -2.58. The molecule has 4 saturated heterocycles. The van der Waals surface area contributed by atoms with Gasteiger partial charge in [-0.15, -0.1) is 0 Å². The van der Waals surface area contributed by atoms with Gasteiger partial charge in [-0.1, -0.05) is 6.08 Å². The minimum atomic E-state index is -1.27. The van der Waals surface area contributed by atoms with Gasteiger partial charge < -0.3 is 19.5 Å². The Labute approximate surface area is 166 Å². The summed E-state index contributed by atoms with van der Waals surface area (Å²) < 4.78 is 11.1. The smallest absolute Gasteiger partial charge is 0.333 e. The van der Waals surface area contributed by atoms with Gasteiger partial charge in [-0.05, 0) is 44.9 Å². The van der Waals surface area contributed by atoms with Gasteiger partial charge in [0.15, 0.2) is 6.10 Å². The second-order valence-corrected chi connectivity index (χ2v) is 8.85. The molecule has 28 heavy (non-hydrogen) atoms. The Morgan fingerprint density at radius 3 is 2.64 bits per heavy atom. The van der Waals surface area contributed by atoms with Crippen LogP contribution >= 0.6 is 0 Å². The van der Waals surface area contributed by atoms with Gasteiger partial charge in [-0.25, -0.2) is 4.79 Å². The van der Waals surface area contributed by atoms with Gasteiger partial charge in [-0.2, -0.15) is 0 Å². The topological polar surface area (TPSA) is 79.3 Å². The summed E-state index contributed by atoms with van der Waals surface area (Å²) in [6.07, 6.45) is 3.65. The average molecular weight is 392 g/mol. The number of rotatable bonds is 3. The van der Waals surface area contributed by atoms with E-state index in [-0.39, 0.29) is 11.9 Å². The predicted molar refractivity (Wildman–Crippen MR) is 102 cm³/mol. The van der Waals surface area contributed by atoms with Crippen molar-refractivity contribution in [3.8, 4) is 0 Å². The third kappa shape index (κ3) is 3.37. The molecule has 156 valence electrons. The first-order valence-corrected chi connectivity index (χ1v) is 10.5. The molecule has 0 unspecified atom stereocenters. The second kappa shape index (κ2) is 7.76. The lowest BCUT2D eigenvalue weighted by atomic mass is 9.70. The van der Waals surface area contributed by atoms with Crippen molar-refractivity contribution in [2.45, 2.75) is 69.9 Å². The highest BCUT2D eigenvalue weighted by Crippen LogP contribution is 2.43. The number of hydrogen-bond donors (Lipinski definition) is 1. The molecule has 1 amide bonds. The molecule has 0 aromatic carbocycles. The summed E-state index contributed by atoms with van der Waals surface area (Å²) in [5.74, 6) is 0.0595. The number of esters is 1. The predicted octanol–water partition coefficient (Wildman–Crippen LogP) is 0.955. The van der Waals surface area contributed by atoms with E-state index in [0.29, 0.717) is 42.5 Å². The molecule has 4 fully saturated rings. The molecule has 0 radical (unpaired) electrons. The summed E-state index contributed by atoms with van der Waals surface area (Å²) in [6, 6.07) is 0.491. The van der Waals surface area contributed by atoms with Crippen molar-refractivity contribution < 1.29 is 24.2 Å². The highest BCUT2D eigenvalue weighted by atomic mass is 16.6. The Hall–Kier alpha value is -1.44. The van der Waals surface area contributed by atoms with E-state index in [1.807, 2.05) is 4.90 Å². The number of carbonyl (C=O) groups excluding carboxylic acids is 2. The van der Waals surface area contributed by atoms with Crippen LogP contribution in [0.2, 0.25) is 0 Å². The number of fused-ring (bicyclic) bond motifs is 6. The lowest BCUT2D eigenvalue weighted by molar-refractivity contribution is -0.182. The van der Waals surface area contributed by atoms with Crippen LogP contribution in [0.15, 0.2) is 11.6 Å². The van der Waals surface area contributed by atoms with Crippen molar-refractivity contribution in [2.24, 2.45) is 11.8 Å². The molecular weight excluding hydrogens is 360 g/mol. The quantitative estimate of drug-likeness (QED) is 0.569. The Kier molecular flexibility index (Phi) is 5.51. The molecule has 0 aromatic rings. The fourth-order valence-corrected chi connectivity index (χ4v) is 5.71. The SMILES string of the molecule is C/C=C(\C)C(=O)O[C@@H]1C[C@@H]2[C@H]3C[C@@H](CN2C(=O)[C@H]1O)[C@@H]1C[C@H](OC)CCN1C3. The molecule has 1 N–H and O–H groups in total. The summed E-state index contributed by atoms with van der Waals surface area (Å²) in [5, 5.41) is 10.5. The number of aliphatic hydroxyl groups is 1. The summed E-state index contributed by atoms with van der Waals surface area (Å²) in [4.78, 5) is 29.6. The molecule has 0 aromatic heterocycles. The zero-order chi connectivity index (χ0) is 20.0. The normalized spacial score (nSPS) is 41.3. The molecule has 4 aliphatic heterocycles. The maximum absolute atomic E-state index is 12.9. The van der Waals surface area contributed by atoms with Crippen molar-refractivity contribution >= 4 is 11.9 Å². The maximum atomic E-state index is 12.9. The van der Waals surface area contributed by atoms with Crippen LogP contribution < -0.4 is 0 Å². The number of nitrogens with zero attached hydrogens (tertiary/aromatic N) is 2. The van der Waals surface area contributed by atoms with E-state index >= 15 is 0 Å². The number of carbonyl (C=O) groups is 2. The molecule has 2 bridgehead atoms. The van der Waals surface area contributed by atoms with Crippen LogP contribution in [-0.4, -0.2) is 83.9 Å². The van der Waals surface area contributed by atoms with E-state index in [1.54, 1.807) is 27.0 Å². The van der Waals surface area contributed by atoms with Crippen molar-refractivity contribution in [2.75, 3.05) is 26.7 Å². The van der Waals surface area contributed by atoms with E-state index in [4.69, 9.17) is 9.47 Å². The molecule has 0 spiro atoms. The fourth-order valence-electron chi connectivity index (χ4n) is 5.71. The molecule has 0 saturated carbocycles. The summed E-state index contributed by atoms with van der Waals surface area (Å²) in [6.45, 7) is 6.15. The first-order chi connectivity index (χ1) is 13.4. The van der Waals surface area contributed by atoms with Crippen LogP contribution in [0.5, 0.6) is 0 Å². The minimum absolute atomic E-state index is 0.0389. The Bertz CT molecular complexity index is 665. The summed E-state index contributed by atoms with van der Waals surface area (Å²) in [7, 11) is 1.78. The molecule has 4 rings (SSSR count). The third-order valence-electron chi connectivity index (χ3n) is 7.41. The monoisotopic (exact) mass is 392 g/mol. The Morgan fingerprint density at radius 2 is 1.93 bits per heavy atom. The van der Waals surface area contributed by atoms with Crippen molar-refractivity contribution in [3.63, 3.8) is 0 Å². The highest BCUT2D eigenvalue weighted by Gasteiger charge is 2.53. The van der Waals surface area contributed by atoms with Gasteiger partial charge in [0.05, 0.1) is 6.10 Å². The van der Waals surface area contributed by atoms with Crippen LogP contribution in [0.3, 0.4) is 0 Å². The molecule has 4 heterocycles. The second-order valence-electron chi connectivity index (χ2n) is 8.85. The first kappa shape index (κ1) is 19.9. The number of aliphatic hydroxyl groups excluding tert-OH is 1. The van der Waals surface area contributed by atoms with Gasteiger partial charge in [0, 0.05) is 50.8 Å². The van der Waals surface area contributed by atoms with Crippen molar-refractivity contribution in [1.82, 2.24) is 9.80 Å². The number of ether oxygens (including phenoxy) is 2. The van der Waals surface area contributed by atoms with Gasteiger partial charge in [0.25, 0.3) is 5.91 Å². The Balaban J connectivity index is 1.50. The number of hydrogen-bond acceptors (Lipinski definition) is 6. The van der Waals surface area contributed by atoms with E-state index in [1.165, 1.54) is 0 Å². The Morgan fingerprint density at radius 1 is 1.18 bits per heavy atom. The average Bonchev–Trinajstić information content (AvgIpc) is 2.71. The fraction of sp³-hybridized carbons (Fsp3) is 0.810. The first-order valence-electron chi connectivity index (χ1n) is 10.5. The molecule has 7 atom stereocenters. The van der Waals surface area contributed by atoms with E-state index in [2.05, 4.69) is 4.90 Å². The summed E-state index contributed by atoms with van der Waals surface area (Å²) in [5.41, 5.74) is 0.493. The number of methoxy groups -OCH3 is 1. The van der Waals surface area contributed by atoms with Crippen molar-refractivity contribution in [1.29, 1.82) is 0 Å². The third-order valence-corrected chi connectivity index (χ3v) is 7.41. The van der Waals surface area contributed by atoms with Gasteiger partial charge >= 0.3 is 5.97 Å². The molecule has 7 nitrogen and oxygen atoms in total. The zero-order valence-electron chi connectivity index (χ0n) is 17.0. The van der Waals surface area contributed by atoms with E-state index in [0.717, 1.165) is 32.4 Å². The summed E-state index contributed by atoms with van der Waals surface area (Å²) >= 11 is 0. The van der Waals surface area contributed by atoms with Crippen LogP contribution in [0.4, 0.5) is 0 Å². The van der Waals surface area contributed by atoms with E-state index < -0.39 is 18.2 Å². The van der Waals surface area contributed by atoms with E-state index in [9.17, 15) is 14.7 Å². The zero-order valence-corrected chi connectivity index (χ0v) is 17.0. The number of amides is 1. The molecular formula is C21H32N2O5. The largest absolute Gasteiger partial charge is 0.456 e. The highest BCUT2D eigenvalue weighted by molar-refractivity contribution is 5.89. The van der Waals surface area contributed by atoms with Crippen molar-refractivity contribution in [3.05, 3.63) is 11.6 Å².